The van der Waals surface area contributed by atoms with Crippen LogP contribution in [0.1, 0.15) is 43.0 Å². The molecule has 2 heterocycles. The molecule has 21 heavy (non-hydrogen) atoms. The molecule has 1 aromatic carbocycles. The maximum absolute atomic E-state index is 13.1. The normalized spacial score (nSPS) is 27.7. The summed E-state index contributed by atoms with van der Waals surface area (Å²) in [7, 11) is 0. The first-order chi connectivity index (χ1) is 10.1. The van der Waals surface area contributed by atoms with Gasteiger partial charge in [0, 0.05) is 24.7 Å². The Bertz CT molecular complexity index is 539. The Hall–Kier alpha value is -1.13. The van der Waals surface area contributed by atoms with Crippen LogP contribution in [-0.2, 0) is 0 Å². The van der Waals surface area contributed by atoms with Crippen molar-refractivity contribution in [2.45, 2.75) is 50.7 Å². The van der Waals surface area contributed by atoms with Crippen LogP contribution in [0, 0.1) is 5.82 Å². The van der Waals surface area contributed by atoms with E-state index in [1.165, 1.54) is 31.0 Å². The zero-order valence-electron chi connectivity index (χ0n) is 12.1. The first-order valence-electron chi connectivity index (χ1n) is 7.60. The summed E-state index contributed by atoms with van der Waals surface area (Å²) in [6.45, 7) is 2.63. The van der Waals surface area contributed by atoms with Gasteiger partial charge in [0.15, 0.2) is 0 Å². The molecule has 3 nitrogen and oxygen atoms in total. The molecule has 2 fully saturated rings. The summed E-state index contributed by atoms with van der Waals surface area (Å²) in [4.78, 5) is 14.6. The maximum Gasteiger partial charge on any atom is 0.255 e. The lowest BCUT2D eigenvalue weighted by molar-refractivity contribution is 0.0631. The Labute approximate surface area is 129 Å². The number of piperidine rings is 1. The number of nitrogens with one attached hydrogen (secondary N) is 1. The van der Waals surface area contributed by atoms with Crippen molar-refractivity contribution in [1.82, 2.24) is 10.2 Å². The van der Waals surface area contributed by atoms with Crippen LogP contribution in [-0.4, -0.2) is 35.5 Å². The standard InChI is InChI=1S/C16H20ClFN2O/c1-2-20(13-8-11-4-5-12(9-13)19-11)16(21)14-6-3-10(18)7-15(14)17/h3,6-7,11-13,19H,2,4-5,8-9H2,1H3. The molecule has 0 radical (unpaired) electrons. The first kappa shape index (κ1) is 14.8. The van der Waals surface area contributed by atoms with E-state index in [1.54, 1.807) is 0 Å². The maximum atomic E-state index is 13.1. The average molecular weight is 311 g/mol. The number of hydrogen-bond acceptors (Lipinski definition) is 2. The molecular weight excluding hydrogens is 291 g/mol. The van der Waals surface area contributed by atoms with Crippen LogP contribution in [0.2, 0.25) is 5.02 Å². The molecule has 2 atom stereocenters. The van der Waals surface area contributed by atoms with Gasteiger partial charge in [0.05, 0.1) is 10.6 Å². The monoisotopic (exact) mass is 310 g/mol. The number of carbonyl (C=O) groups is 1. The third-order valence-corrected chi connectivity index (χ3v) is 4.96. The first-order valence-corrected chi connectivity index (χ1v) is 7.98. The molecular formula is C16H20ClFN2O. The lowest BCUT2D eigenvalue weighted by Crippen LogP contribution is -2.50. The second-order valence-electron chi connectivity index (χ2n) is 5.98. The molecule has 2 aliphatic rings. The van der Waals surface area contributed by atoms with Crippen LogP contribution < -0.4 is 5.32 Å². The van der Waals surface area contributed by atoms with Gasteiger partial charge in [0.1, 0.15) is 5.82 Å². The van der Waals surface area contributed by atoms with E-state index in [0.29, 0.717) is 24.2 Å². The number of fused-ring (bicyclic) bond motifs is 2. The van der Waals surface area contributed by atoms with Crippen molar-refractivity contribution < 1.29 is 9.18 Å². The summed E-state index contributed by atoms with van der Waals surface area (Å²) >= 11 is 6.03. The highest BCUT2D eigenvalue weighted by Gasteiger charge is 2.37. The minimum absolute atomic E-state index is 0.0891. The fourth-order valence-electron chi connectivity index (χ4n) is 3.67. The van der Waals surface area contributed by atoms with Crippen molar-refractivity contribution >= 4 is 17.5 Å². The molecule has 2 unspecified atom stereocenters. The summed E-state index contributed by atoms with van der Waals surface area (Å²) in [6, 6.07) is 5.28. The highest BCUT2D eigenvalue weighted by Crippen LogP contribution is 2.31. The SMILES string of the molecule is CCN(C(=O)c1ccc(F)cc1Cl)C1CC2CCC(C1)N2. The van der Waals surface area contributed by atoms with Gasteiger partial charge in [-0.05, 0) is 50.8 Å². The van der Waals surface area contributed by atoms with Gasteiger partial charge in [-0.1, -0.05) is 11.6 Å². The molecule has 3 rings (SSSR count). The van der Waals surface area contributed by atoms with Crippen molar-refractivity contribution in [2.75, 3.05) is 6.54 Å². The molecule has 5 heteroatoms. The molecule has 0 spiro atoms. The van der Waals surface area contributed by atoms with Gasteiger partial charge in [0.2, 0.25) is 0 Å². The van der Waals surface area contributed by atoms with Gasteiger partial charge in [-0.2, -0.15) is 0 Å². The van der Waals surface area contributed by atoms with Crippen molar-refractivity contribution in [3.8, 4) is 0 Å². The summed E-state index contributed by atoms with van der Waals surface area (Å²) in [5.74, 6) is -0.506. The average Bonchev–Trinajstić information content (AvgIpc) is 2.78. The van der Waals surface area contributed by atoms with Gasteiger partial charge in [-0.15, -0.1) is 0 Å². The second kappa shape index (κ2) is 5.93. The van der Waals surface area contributed by atoms with E-state index in [4.69, 9.17) is 11.6 Å². The van der Waals surface area contributed by atoms with E-state index in [0.717, 1.165) is 12.8 Å². The molecule has 1 N–H and O–H groups in total. The Morgan fingerprint density at radius 3 is 2.62 bits per heavy atom. The minimum Gasteiger partial charge on any atom is -0.336 e. The molecule has 2 aliphatic heterocycles. The van der Waals surface area contributed by atoms with Crippen LogP contribution in [0.15, 0.2) is 18.2 Å². The van der Waals surface area contributed by atoms with E-state index in [9.17, 15) is 9.18 Å². The number of rotatable bonds is 3. The number of halogens is 2. The third-order valence-electron chi connectivity index (χ3n) is 4.65. The zero-order valence-corrected chi connectivity index (χ0v) is 12.9. The molecule has 114 valence electrons. The predicted molar refractivity (Wildman–Crippen MR) is 81.1 cm³/mol. The highest BCUT2D eigenvalue weighted by molar-refractivity contribution is 6.33. The van der Waals surface area contributed by atoms with Crippen LogP contribution >= 0.6 is 11.6 Å². The van der Waals surface area contributed by atoms with Gasteiger partial charge < -0.3 is 10.2 Å². The molecule has 0 aliphatic carbocycles. The van der Waals surface area contributed by atoms with Gasteiger partial charge in [-0.3, -0.25) is 4.79 Å². The quantitative estimate of drug-likeness (QED) is 0.929. The molecule has 0 saturated carbocycles. The molecule has 2 saturated heterocycles. The van der Waals surface area contributed by atoms with Crippen LogP contribution in [0.3, 0.4) is 0 Å². The fraction of sp³-hybridized carbons (Fsp3) is 0.562. The number of hydrogen-bond donors (Lipinski definition) is 1. The smallest absolute Gasteiger partial charge is 0.255 e. The Morgan fingerprint density at radius 2 is 2.05 bits per heavy atom. The van der Waals surface area contributed by atoms with Crippen molar-refractivity contribution in [1.29, 1.82) is 0 Å². The predicted octanol–water partition coefficient (Wildman–Crippen LogP) is 3.22. The highest BCUT2D eigenvalue weighted by atomic mass is 35.5. The third kappa shape index (κ3) is 2.92. The zero-order chi connectivity index (χ0) is 15.0. The van der Waals surface area contributed by atoms with Crippen molar-refractivity contribution in [3.05, 3.63) is 34.6 Å². The van der Waals surface area contributed by atoms with Gasteiger partial charge >= 0.3 is 0 Å². The van der Waals surface area contributed by atoms with Crippen molar-refractivity contribution in [2.24, 2.45) is 0 Å². The molecule has 0 aromatic heterocycles. The van der Waals surface area contributed by atoms with Crippen LogP contribution in [0.25, 0.3) is 0 Å². The van der Waals surface area contributed by atoms with E-state index in [-0.39, 0.29) is 17.0 Å². The fourth-order valence-corrected chi connectivity index (χ4v) is 3.92. The summed E-state index contributed by atoms with van der Waals surface area (Å²) in [5.41, 5.74) is 0.394. The summed E-state index contributed by atoms with van der Waals surface area (Å²) < 4.78 is 13.1. The number of benzene rings is 1. The molecule has 1 amide bonds. The topological polar surface area (TPSA) is 32.3 Å². The van der Waals surface area contributed by atoms with Crippen molar-refractivity contribution in [3.63, 3.8) is 0 Å². The lowest BCUT2D eigenvalue weighted by Gasteiger charge is -2.37. The minimum atomic E-state index is -0.417. The number of nitrogens with zero attached hydrogens (tertiary/aromatic N) is 1. The number of amides is 1. The summed E-state index contributed by atoms with van der Waals surface area (Å²) in [5, 5.41) is 3.77. The molecule has 1 aromatic rings. The van der Waals surface area contributed by atoms with E-state index < -0.39 is 5.82 Å². The van der Waals surface area contributed by atoms with Gasteiger partial charge in [-0.25, -0.2) is 4.39 Å². The largest absolute Gasteiger partial charge is 0.336 e. The Kier molecular flexibility index (Phi) is 4.18. The van der Waals surface area contributed by atoms with E-state index in [1.807, 2.05) is 11.8 Å². The van der Waals surface area contributed by atoms with E-state index in [2.05, 4.69) is 5.32 Å². The molecule has 2 bridgehead atoms. The number of carbonyl (C=O) groups excluding carboxylic acids is 1. The summed E-state index contributed by atoms with van der Waals surface area (Å²) in [6.07, 6.45) is 4.39. The van der Waals surface area contributed by atoms with Crippen LogP contribution in [0.5, 0.6) is 0 Å². The lowest BCUT2D eigenvalue weighted by atomic mass is 9.97. The van der Waals surface area contributed by atoms with Gasteiger partial charge in [0.25, 0.3) is 5.91 Å². The van der Waals surface area contributed by atoms with E-state index >= 15 is 0 Å². The second-order valence-corrected chi connectivity index (χ2v) is 6.39. The van der Waals surface area contributed by atoms with Crippen LogP contribution in [0.4, 0.5) is 4.39 Å². The Balaban J connectivity index is 1.80. The Morgan fingerprint density at radius 1 is 1.38 bits per heavy atom.